The summed E-state index contributed by atoms with van der Waals surface area (Å²) in [5, 5.41) is 3.83. The third-order valence-corrected chi connectivity index (χ3v) is 9.46. The summed E-state index contributed by atoms with van der Waals surface area (Å²) in [6.07, 6.45) is 5.15. The molecule has 0 aliphatic heterocycles. The van der Waals surface area contributed by atoms with E-state index in [1.807, 2.05) is 30.3 Å². The number of amides is 2. The molecule has 1 saturated carbocycles. The third kappa shape index (κ3) is 8.70. The summed E-state index contributed by atoms with van der Waals surface area (Å²) in [7, 11) is -3.85. The van der Waals surface area contributed by atoms with Crippen LogP contribution >= 0.6 is 39.1 Å². The first-order chi connectivity index (χ1) is 19.5. The van der Waals surface area contributed by atoms with E-state index in [1.165, 1.54) is 4.90 Å². The summed E-state index contributed by atoms with van der Waals surface area (Å²) in [6, 6.07) is 20.3. The van der Waals surface area contributed by atoms with Crippen molar-refractivity contribution in [3.8, 4) is 0 Å². The Kier molecular flexibility index (Phi) is 10.7. The Hall–Kier alpha value is -2.59. The Morgan fingerprint density at radius 3 is 2.29 bits per heavy atom. The first kappa shape index (κ1) is 31.3. The molecule has 3 aromatic rings. The van der Waals surface area contributed by atoms with Crippen molar-refractivity contribution in [2.75, 3.05) is 17.1 Å². The maximum Gasteiger partial charge on any atom is 0.244 e. The monoisotopic (exact) mass is 679 g/mol. The highest BCUT2D eigenvalue weighted by atomic mass is 79.9. The molecule has 41 heavy (non-hydrogen) atoms. The van der Waals surface area contributed by atoms with Gasteiger partial charge in [-0.25, -0.2) is 8.42 Å². The molecular formula is C30H32BrCl2N3O4S. The average Bonchev–Trinajstić information content (AvgIpc) is 3.44. The third-order valence-electron chi connectivity index (χ3n) is 7.08. The number of hydrogen-bond acceptors (Lipinski definition) is 4. The highest BCUT2D eigenvalue weighted by molar-refractivity contribution is 9.10. The number of anilines is 1. The molecule has 0 heterocycles. The van der Waals surface area contributed by atoms with Crippen LogP contribution in [0, 0.1) is 0 Å². The Morgan fingerprint density at radius 2 is 1.66 bits per heavy atom. The Balaban J connectivity index is 1.74. The lowest BCUT2D eigenvalue weighted by Gasteiger charge is -2.34. The fourth-order valence-electron chi connectivity index (χ4n) is 5.00. The number of nitrogens with one attached hydrogen (secondary N) is 1. The normalized spacial score (nSPS) is 14.4. The van der Waals surface area contributed by atoms with Crippen LogP contribution in [0.1, 0.15) is 36.8 Å². The second-order valence-electron chi connectivity index (χ2n) is 10.2. The predicted octanol–water partition coefficient (Wildman–Crippen LogP) is 6.22. The lowest BCUT2D eigenvalue weighted by atomic mass is 10.0. The first-order valence-corrected chi connectivity index (χ1v) is 16.7. The van der Waals surface area contributed by atoms with Crippen LogP contribution in [-0.2, 0) is 32.6 Å². The van der Waals surface area contributed by atoms with Crippen molar-refractivity contribution in [2.24, 2.45) is 0 Å². The topological polar surface area (TPSA) is 86.8 Å². The fraction of sp³-hybridized carbons (Fsp3) is 0.333. The highest BCUT2D eigenvalue weighted by Gasteiger charge is 2.34. The number of sulfonamides is 1. The largest absolute Gasteiger partial charge is 0.352 e. The second-order valence-corrected chi connectivity index (χ2v) is 13.9. The van der Waals surface area contributed by atoms with E-state index in [0.29, 0.717) is 25.8 Å². The van der Waals surface area contributed by atoms with Crippen molar-refractivity contribution in [1.82, 2.24) is 10.2 Å². The number of nitrogens with zero attached hydrogens (tertiary/aromatic N) is 2. The maximum atomic E-state index is 14.2. The fourth-order valence-corrected chi connectivity index (χ4v) is 6.55. The molecule has 1 atom stereocenters. The van der Waals surface area contributed by atoms with Gasteiger partial charge < -0.3 is 10.2 Å². The molecule has 0 bridgehead atoms. The standard InChI is InChI=1S/C30H32BrCl2N3O4S/c1-41(39,40)36(25-13-7-10-23(31)18-25)20-29(37)35(19-22-14-15-26(32)27(33)16-22)28(17-21-8-3-2-4-9-21)30(38)34-24-11-5-6-12-24/h2-4,7-10,13-16,18,24,28H,5-6,11-12,17,19-20H2,1H3,(H,34,38). The van der Waals surface area contributed by atoms with Gasteiger partial charge in [0.2, 0.25) is 21.8 Å². The summed E-state index contributed by atoms with van der Waals surface area (Å²) in [5.74, 6) is -0.800. The number of benzene rings is 3. The molecule has 11 heteroatoms. The van der Waals surface area contributed by atoms with E-state index in [9.17, 15) is 18.0 Å². The van der Waals surface area contributed by atoms with Gasteiger partial charge in [-0.1, -0.05) is 94.4 Å². The van der Waals surface area contributed by atoms with E-state index in [0.717, 1.165) is 41.8 Å². The van der Waals surface area contributed by atoms with Crippen molar-refractivity contribution >= 4 is 66.7 Å². The maximum absolute atomic E-state index is 14.2. The second kappa shape index (κ2) is 14.1. The lowest BCUT2D eigenvalue weighted by Crippen LogP contribution is -2.54. The van der Waals surface area contributed by atoms with Gasteiger partial charge in [0.25, 0.3) is 0 Å². The number of rotatable bonds is 11. The van der Waals surface area contributed by atoms with Crippen LogP contribution < -0.4 is 9.62 Å². The van der Waals surface area contributed by atoms with Crippen molar-refractivity contribution < 1.29 is 18.0 Å². The van der Waals surface area contributed by atoms with Crippen LogP contribution in [0.4, 0.5) is 5.69 Å². The van der Waals surface area contributed by atoms with E-state index in [-0.39, 0.29) is 24.9 Å². The van der Waals surface area contributed by atoms with Crippen molar-refractivity contribution in [2.45, 2.75) is 50.7 Å². The van der Waals surface area contributed by atoms with E-state index in [2.05, 4.69) is 21.2 Å². The van der Waals surface area contributed by atoms with Gasteiger partial charge >= 0.3 is 0 Å². The van der Waals surface area contributed by atoms with Crippen LogP contribution in [0.3, 0.4) is 0 Å². The van der Waals surface area contributed by atoms with E-state index >= 15 is 0 Å². The molecular weight excluding hydrogens is 649 g/mol. The molecule has 0 saturated heterocycles. The summed E-state index contributed by atoms with van der Waals surface area (Å²) in [5.41, 5.74) is 1.87. The van der Waals surface area contributed by atoms with Gasteiger partial charge in [-0.2, -0.15) is 0 Å². The molecule has 0 radical (unpaired) electrons. The van der Waals surface area contributed by atoms with E-state index < -0.39 is 28.5 Å². The number of carbonyl (C=O) groups excluding carboxylic acids is 2. The minimum atomic E-state index is -3.85. The molecule has 4 rings (SSSR count). The highest BCUT2D eigenvalue weighted by Crippen LogP contribution is 2.26. The Labute approximate surface area is 260 Å². The SMILES string of the molecule is CS(=O)(=O)N(CC(=O)N(Cc1ccc(Cl)c(Cl)c1)C(Cc1ccccc1)C(=O)NC1CCCC1)c1cccc(Br)c1. The van der Waals surface area contributed by atoms with Gasteiger partial charge in [-0.3, -0.25) is 13.9 Å². The van der Waals surface area contributed by atoms with Crippen molar-refractivity contribution in [1.29, 1.82) is 0 Å². The summed E-state index contributed by atoms with van der Waals surface area (Å²) in [4.78, 5) is 29.5. The molecule has 1 aliphatic rings. The lowest BCUT2D eigenvalue weighted by molar-refractivity contribution is -0.140. The molecule has 7 nitrogen and oxygen atoms in total. The minimum absolute atomic E-state index is 0.0292. The molecule has 1 unspecified atom stereocenters. The van der Waals surface area contributed by atoms with Gasteiger partial charge in [-0.15, -0.1) is 0 Å². The van der Waals surface area contributed by atoms with Crippen LogP contribution in [-0.4, -0.2) is 50.0 Å². The summed E-state index contributed by atoms with van der Waals surface area (Å²) in [6.45, 7) is -0.458. The molecule has 1 aliphatic carbocycles. The van der Waals surface area contributed by atoms with Gasteiger partial charge in [0.1, 0.15) is 12.6 Å². The number of carbonyl (C=O) groups is 2. The molecule has 0 aromatic heterocycles. The zero-order valence-electron chi connectivity index (χ0n) is 22.6. The van der Waals surface area contributed by atoms with Gasteiger partial charge in [-0.05, 0) is 54.3 Å². The van der Waals surface area contributed by atoms with Crippen LogP contribution in [0.5, 0.6) is 0 Å². The quantitative estimate of drug-likeness (QED) is 0.261. The van der Waals surface area contributed by atoms with E-state index in [1.54, 1.807) is 42.5 Å². The Bertz CT molecular complexity index is 1480. The molecule has 3 aromatic carbocycles. The molecule has 1 fully saturated rings. The predicted molar refractivity (Wildman–Crippen MR) is 168 cm³/mol. The van der Waals surface area contributed by atoms with Crippen molar-refractivity contribution in [3.63, 3.8) is 0 Å². The van der Waals surface area contributed by atoms with Crippen molar-refractivity contribution in [3.05, 3.63) is 98.4 Å². The zero-order valence-corrected chi connectivity index (χ0v) is 26.5. The summed E-state index contributed by atoms with van der Waals surface area (Å²) < 4.78 is 27.5. The molecule has 2 amide bonds. The van der Waals surface area contributed by atoms with Gasteiger partial charge in [0.15, 0.2) is 0 Å². The Morgan fingerprint density at radius 1 is 0.951 bits per heavy atom. The van der Waals surface area contributed by atoms with E-state index in [4.69, 9.17) is 23.2 Å². The van der Waals surface area contributed by atoms with Gasteiger partial charge in [0, 0.05) is 23.5 Å². The van der Waals surface area contributed by atoms with Crippen LogP contribution in [0.15, 0.2) is 77.3 Å². The molecule has 218 valence electrons. The van der Waals surface area contributed by atoms with Gasteiger partial charge in [0.05, 0.1) is 22.0 Å². The van der Waals surface area contributed by atoms with Crippen LogP contribution in [0.2, 0.25) is 10.0 Å². The smallest absolute Gasteiger partial charge is 0.244 e. The zero-order chi connectivity index (χ0) is 29.6. The summed E-state index contributed by atoms with van der Waals surface area (Å²) >= 11 is 15.8. The average molecular weight is 681 g/mol. The molecule has 1 N–H and O–H groups in total. The number of hydrogen-bond donors (Lipinski definition) is 1. The minimum Gasteiger partial charge on any atom is -0.352 e. The number of halogens is 3. The first-order valence-electron chi connectivity index (χ1n) is 13.3. The van der Waals surface area contributed by atoms with Crippen LogP contribution in [0.25, 0.3) is 0 Å². The molecule has 0 spiro atoms.